The minimum atomic E-state index is -1.27. The lowest BCUT2D eigenvalue weighted by Gasteiger charge is -2.26. The van der Waals surface area contributed by atoms with Crippen molar-refractivity contribution in [3.05, 3.63) is 36.0 Å². The number of fused-ring (bicyclic) bond motifs is 1. The fraction of sp³-hybridized carbons (Fsp3) is 0.536. The molecule has 40 heavy (non-hydrogen) atoms. The highest BCUT2D eigenvalue weighted by Crippen LogP contribution is 2.19. The van der Waals surface area contributed by atoms with Crippen LogP contribution in [0.15, 0.2) is 30.5 Å². The number of aromatic amines is 1. The second kappa shape index (κ2) is 15.0. The molecule has 1 heterocycles. The van der Waals surface area contributed by atoms with Crippen molar-refractivity contribution in [1.29, 1.82) is 0 Å². The Morgan fingerprint density at radius 2 is 1.50 bits per heavy atom. The molecular formula is C28H41N5O7. The van der Waals surface area contributed by atoms with Crippen molar-refractivity contribution in [3.63, 3.8) is 0 Å². The highest BCUT2D eigenvalue weighted by Gasteiger charge is 2.32. The van der Waals surface area contributed by atoms with Gasteiger partial charge in [0.2, 0.25) is 17.7 Å². The van der Waals surface area contributed by atoms with Gasteiger partial charge in [0.05, 0.1) is 6.04 Å². The average molecular weight is 560 g/mol. The van der Waals surface area contributed by atoms with E-state index in [-0.39, 0.29) is 31.1 Å². The Balaban J connectivity index is 2.20. The predicted octanol–water partition coefficient (Wildman–Crippen LogP) is 1.53. The number of hydrogen-bond donors (Lipinski definition) is 7. The number of amides is 3. The molecule has 1 aromatic carbocycles. The van der Waals surface area contributed by atoms with E-state index in [2.05, 4.69) is 20.9 Å². The van der Waals surface area contributed by atoms with Gasteiger partial charge in [0.25, 0.3) is 0 Å². The Labute approximate surface area is 233 Å². The third-order valence-corrected chi connectivity index (χ3v) is 6.89. The van der Waals surface area contributed by atoms with Crippen LogP contribution in [0.25, 0.3) is 10.9 Å². The second-order valence-electron chi connectivity index (χ2n) is 10.6. The van der Waals surface area contributed by atoms with Crippen LogP contribution in [0.4, 0.5) is 0 Å². The normalized spacial score (nSPS) is 15.1. The third kappa shape index (κ3) is 9.37. The molecule has 3 amide bonds. The van der Waals surface area contributed by atoms with Gasteiger partial charge >= 0.3 is 11.9 Å². The fourth-order valence-electron chi connectivity index (χ4n) is 4.28. The molecule has 1 aromatic heterocycles. The number of aromatic nitrogens is 1. The van der Waals surface area contributed by atoms with Gasteiger partial charge in [0, 0.05) is 29.9 Å². The molecule has 8 N–H and O–H groups in total. The van der Waals surface area contributed by atoms with Crippen molar-refractivity contribution in [3.8, 4) is 0 Å². The van der Waals surface area contributed by atoms with Crippen molar-refractivity contribution in [2.45, 2.75) is 84.0 Å². The van der Waals surface area contributed by atoms with E-state index in [9.17, 15) is 29.1 Å². The standard InChI is InChI=1S/C28H41N5O7/c1-5-16(4)24(29)27(38)31-20(10-11-23(34)35)25(36)32-21(12-15(2)3)26(37)33-22(28(39)40)13-17-14-30-19-9-7-6-8-18(17)19/h6-9,14-16,20-22,24,30H,5,10-13,29H2,1-4H3,(H,31,38)(H,32,36)(H,33,37)(H,34,35)(H,39,40). The summed E-state index contributed by atoms with van der Waals surface area (Å²) < 4.78 is 0. The van der Waals surface area contributed by atoms with E-state index in [1.165, 1.54) is 0 Å². The summed E-state index contributed by atoms with van der Waals surface area (Å²) in [5.41, 5.74) is 7.53. The molecule has 0 spiro atoms. The molecular weight excluding hydrogens is 518 g/mol. The first-order valence-corrected chi connectivity index (χ1v) is 13.5. The minimum absolute atomic E-state index is 0.0121. The molecule has 2 aromatic rings. The van der Waals surface area contributed by atoms with Crippen molar-refractivity contribution in [2.75, 3.05) is 0 Å². The Hall–Kier alpha value is -3.93. The molecule has 0 radical (unpaired) electrons. The lowest BCUT2D eigenvalue weighted by Crippen LogP contribution is -2.58. The first kappa shape index (κ1) is 32.3. The molecule has 0 saturated carbocycles. The topological polar surface area (TPSA) is 204 Å². The van der Waals surface area contributed by atoms with Crippen molar-refractivity contribution >= 4 is 40.6 Å². The number of nitrogens with one attached hydrogen (secondary N) is 4. The zero-order chi connectivity index (χ0) is 30.0. The third-order valence-electron chi connectivity index (χ3n) is 6.89. The van der Waals surface area contributed by atoms with Crippen LogP contribution in [0.5, 0.6) is 0 Å². The Kier molecular flexibility index (Phi) is 12.1. The molecule has 0 aliphatic carbocycles. The van der Waals surface area contributed by atoms with E-state index in [0.717, 1.165) is 10.9 Å². The number of H-pyrrole nitrogens is 1. The summed E-state index contributed by atoms with van der Waals surface area (Å²) in [5.74, 6) is -4.68. The number of aliphatic carboxylic acids is 2. The maximum Gasteiger partial charge on any atom is 0.326 e. The molecule has 220 valence electrons. The number of rotatable bonds is 16. The Bertz CT molecular complexity index is 1190. The number of carboxylic acids is 2. The number of para-hydroxylation sites is 1. The SMILES string of the molecule is CCC(C)C(N)C(=O)NC(CCC(=O)O)C(=O)NC(CC(C)C)C(=O)NC(Cc1c[nH]c2ccccc12)C(=O)O. The quantitative estimate of drug-likeness (QED) is 0.160. The van der Waals surface area contributed by atoms with E-state index >= 15 is 0 Å². The highest BCUT2D eigenvalue weighted by molar-refractivity contribution is 5.94. The molecule has 0 saturated heterocycles. The van der Waals surface area contributed by atoms with Crippen LogP contribution >= 0.6 is 0 Å². The van der Waals surface area contributed by atoms with Gasteiger partial charge in [0.15, 0.2) is 0 Å². The lowest BCUT2D eigenvalue weighted by molar-refractivity contribution is -0.142. The van der Waals surface area contributed by atoms with Gasteiger partial charge < -0.3 is 36.9 Å². The molecule has 0 fully saturated rings. The van der Waals surface area contributed by atoms with Crippen LogP contribution < -0.4 is 21.7 Å². The summed E-state index contributed by atoms with van der Waals surface area (Å²) in [5, 5.41) is 27.5. The molecule has 5 unspecified atom stereocenters. The highest BCUT2D eigenvalue weighted by atomic mass is 16.4. The number of carbonyl (C=O) groups is 5. The number of carbonyl (C=O) groups excluding carboxylic acids is 3. The van der Waals surface area contributed by atoms with E-state index < -0.39 is 60.2 Å². The number of carboxylic acid groups (broad SMARTS) is 2. The summed E-state index contributed by atoms with van der Waals surface area (Å²) in [4.78, 5) is 65.5. The van der Waals surface area contributed by atoms with Gasteiger partial charge in [-0.15, -0.1) is 0 Å². The largest absolute Gasteiger partial charge is 0.481 e. The minimum Gasteiger partial charge on any atom is -0.481 e. The zero-order valence-corrected chi connectivity index (χ0v) is 23.4. The van der Waals surface area contributed by atoms with Gasteiger partial charge in [-0.05, 0) is 36.3 Å². The first-order valence-electron chi connectivity index (χ1n) is 13.5. The van der Waals surface area contributed by atoms with E-state index in [4.69, 9.17) is 10.8 Å². The summed E-state index contributed by atoms with van der Waals surface area (Å²) in [6.45, 7) is 7.32. The maximum atomic E-state index is 13.3. The van der Waals surface area contributed by atoms with Gasteiger partial charge in [-0.25, -0.2) is 4.79 Å². The second-order valence-corrected chi connectivity index (χ2v) is 10.6. The van der Waals surface area contributed by atoms with Gasteiger partial charge in [-0.1, -0.05) is 52.3 Å². The maximum absolute atomic E-state index is 13.3. The summed E-state index contributed by atoms with van der Waals surface area (Å²) in [6.07, 6.45) is 1.90. The van der Waals surface area contributed by atoms with Crippen molar-refractivity contribution in [1.82, 2.24) is 20.9 Å². The van der Waals surface area contributed by atoms with Crippen LogP contribution in [0, 0.1) is 11.8 Å². The van der Waals surface area contributed by atoms with Crippen LogP contribution in [-0.4, -0.2) is 69.0 Å². The number of hydrogen-bond acceptors (Lipinski definition) is 6. The van der Waals surface area contributed by atoms with Gasteiger partial charge in [-0.2, -0.15) is 0 Å². The Morgan fingerprint density at radius 3 is 2.10 bits per heavy atom. The number of benzene rings is 1. The molecule has 0 aliphatic rings. The van der Waals surface area contributed by atoms with Crippen LogP contribution in [0.3, 0.4) is 0 Å². The molecule has 12 nitrogen and oxygen atoms in total. The fourth-order valence-corrected chi connectivity index (χ4v) is 4.28. The monoisotopic (exact) mass is 559 g/mol. The molecule has 0 bridgehead atoms. The summed E-state index contributed by atoms with van der Waals surface area (Å²) >= 11 is 0. The summed E-state index contributed by atoms with van der Waals surface area (Å²) in [7, 11) is 0. The lowest BCUT2D eigenvalue weighted by atomic mass is 9.98. The van der Waals surface area contributed by atoms with Gasteiger partial charge in [0.1, 0.15) is 18.1 Å². The zero-order valence-electron chi connectivity index (χ0n) is 23.4. The molecule has 2 rings (SSSR count). The first-order chi connectivity index (χ1) is 18.8. The Morgan fingerprint density at radius 1 is 0.900 bits per heavy atom. The molecule has 12 heteroatoms. The van der Waals surface area contributed by atoms with E-state index in [1.807, 2.05) is 45.0 Å². The van der Waals surface area contributed by atoms with Crippen molar-refractivity contribution in [2.24, 2.45) is 17.6 Å². The molecule has 0 aliphatic heterocycles. The van der Waals surface area contributed by atoms with Crippen LogP contribution in [0.1, 0.15) is 58.9 Å². The van der Waals surface area contributed by atoms with Crippen LogP contribution in [0.2, 0.25) is 0 Å². The number of nitrogens with two attached hydrogens (primary N) is 1. The van der Waals surface area contributed by atoms with Crippen molar-refractivity contribution < 1.29 is 34.2 Å². The summed E-state index contributed by atoms with van der Waals surface area (Å²) in [6, 6.07) is 2.85. The molecule has 5 atom stereocenters. The predicted molar refractivity (Wildman–Crippen MR) is 149 cm³/mol. The van der Waals surface area contributed by atoms with Gasteiger partial charge in [-0.3, -0.25) is 19.2 Å². The average Bonchev–Trinajstić information content (AvgIpc) is 3.31. The van der Waals surface area contributed by atoms with E-state index in [1.54, 1.807) is 13.1 Å². The van der Waals surface area contributed by atoms with Crippen LogP contribution in [-0.2, 0) is 30.4 Å². The smallest absolute Gasteiger partial charge is 0.326 e. The van der Waals surface area contributed by atoms with E-state index in [0.29, 0.717) is 12.0 Å².